The second-order valence-corrected chi connectivity index (χ2v) is 4.25. The minimum absolute atomic E-state index is 0.317. The van der Waals surface area contributed by atoms with Crippen LogP contribution < -0.4 is 4.74 Å². The van der Waals surface area contributed by atoms with Gasteiger partial charge in [0, 0.05) is 7.11 Å². The Hall–Kier alpha value is -0.130. The zero-order valence-corrected chi connectivity index (χ0v) is 10.7. The summed E-state index contributed by atoms with van der Waals surface area (Å²) < 4.78 is 24.2. The molecule has 0 N–H and O–H groups in total. The van der Waals surface area contributed by atoms with Crippen LogP contribution in [0.3, 0.4) is 0 Å². The van der Waals surface area contributed by atoms with Crippen LogP contribution in [0.25, 0.3) is 0 Å². The Morgan fingerprint density at radius 3 is 2.29 bits per heavy atom. The molecule has 0 amide bonds. The lowest BCUT2D eigenvalue weighted by Gasteiger charge is -2.09. The summed E-state index contributed by atoms with van der Waals surface area (Å²) in [5.41, 5.74) is 0. The first-order valence-electron chi connectivity index (χ1n) is 3.91. The molecule has 0 aliphatic rings. The standard InChI is InChI=1S/C9H9Br2FO2/c1-13-2-3-14-9-7(10)4-6(12)5-8(9)11/h4-5H,2-3H2,1H3. The van der Waals surface area contributed by atoms with Gasteiger partial charge in [0.25, 0.3) is 0 Å². The van der Waals surface area contributed by atoms with E-state index in [1.165, 1.54) is 12.1 Å². The predicted molar refractivity (Wildman–Crippen MR) is 59.2 cm³/mol. The second-order valence-electron chi connectivity index (χ2n) is 2.54. The van der Waals surface area contributed by atoms with Crippen LogP contribution in [-0.4, -0.2) is 20.3 Å². The van der Waals surface area contributed by atoms with Crippen molar-refractivity contribution in [2.45, 2.75) is 0 Å². The number of ether oxygens (including phenoxy) is 2. The molecule has 0 fully saturated rings. The van der Waals surface area contributed by atoms with E-state index >= 15 is 0 Å². The maximum absolute atomic E-state index is 12.9. The van der Waals surface area contributed by atoms with E-state index in [2.05, 4.69) is 31.9 Å². The molecule has 0 saturated carbocycles. The van der Waals surface area contributed by atoms with Crippen LogP contribution >= 0.6 is 31.9 Å². The number of halogens is 3. The second kappa shape index (κ2) is 5.68. The molecule has 0 saturated heterocycles. The summed E-state index contributed by atoms with van der Waals surface area (Å²) in [6.07, 6.45) is 0. The maximum Gasteiger partial charge on any atom is 0.147 e. The number of benzene rings is 1. The largest absolute Gasteiger partial charge is 0.489 e. The van der Waals surface area contributed by atoms with Crippen molar-refractivity contribution in [2.24, 2.45) is 0 Å². The van der Waals surface area contributed by atoms with Crippen molar-refractivity contribution < 1.29 is 13.9 Å². The van der Waals surface area contributed by atoms with Gasteiger partial charge < -0.3 is 9.47 Å². The van der Waals surface area contributed by atoms with Crippen LogP contribution in [-0.2, 0) is 4.74 Å². The van der Waals surface area contributed by atoms with E-state index in [0.29, 0.717) is 27.9 Å². The average molecular weight is 328 g/mol. The Kier molecular flexibility index (Phi) is 4.84. The molecule has 0 unspecified atom stereocenters. The summed E-state index contributed by atoms with van der Waals surface area (Å²) >= 11 is 6.43. The monoisotopic (exact) mass is 326 g/mol. The van der Waals surface area contributed by atoms with Gasteiger partial charge in [-0.3, -0.25) is 0 Å². The van der Waals surface area contributed by atoms with Crippen molar-refractivity contribution in [3.8, 4) is 5.75 Å². The van der Waals surface area contributed by atoms with E-state index in [9.17, 15) is 4.39 Å². The third kappa shape index (κ3) is 3.22. The van der Waals surface area contributed by atoms with Crippen LogP contribution in [0, 0.1) is 5.82 Å². The normalized spacial score (nSPS) is 10.3. The third-order valence-corrected chi connectivity index (χ3v) is 2.67. The topological polar surface area (TPSA) is 18.5 Å². The lowest BCUT2D eigenvalue weighted by molar-refractivity contribution is 0.145. The highest BCUT2D eigenvalue weighted by Crippen LogP contribution is 2.34. The first-order chi connectivity index (χ1) is 6.65. The predicted octanol–water partition coefficient (Wildman–Crippen LogP) is 3.38. The maximum atomic E-state index is 12.9. The molecule has 0 atom stereocenters. The molecule has 78 valence electrons. The van der Waals surface area contributed by atoms with Crippen molar-refractivity contribution in [3.63, 3.8) is 0 Å². The van der Waals surface area contributed by atoms with Crippen LogP contribution in [0.15, 0.2) is 21.1 Å². The molecule has 0 aromatic heterocycles. The Morgan fingerprint density at radius 1 is 1.21 bits per heavy atom. The molecule has 0 radical (unpaired) electrons. The van der Waals surface area contributed by atoms with Gasteiger partial charge in [-0.15, -0.1) is 0 Å². The van der Waals surface area contributed by atoms with Gasteiger partial charge in [0.15, 0.2) is 0 Å². The van der Waals surface area contributed by atoms with Crippen LogP contribution in [0.1, 0.15) is 0 Å². The smallest absolute Gasteiger partial charge is 0.147 e. The van der Waals surface area contributed by atoms with Crippen LogP contribution in [0.2, 0.25) is 0 Å². The van der Waals surface area contributed by atoms with Crippen molar-refractivity contribution in [2.75, 3.05) is 20.3 Å². The molecule has 1 aromatic carbocycles. The van der Waals surface area contributed by atoms with E-state index in [1.807, 2.05) is 0 Å². The highest BCUT2D eigenvalue weighted by atomic mass is 79.9. The summed E-state index contributed by atoms with van der Waals surface area (Å²) in [6.45, 7) is 0.926. The summed E-state index contributed by atoms with van der Waals surface area (Å²) in [5, 5.41) is 0. The number of methoxy groups -OCH3 is 1. The molecule has 2 nitrogen and oxygen atoms in total. The third-order valence-electron chi connectivity index (χ3n) is 1.50. The van der Waals surface area contributed by atoms with Gasteiger partial charge in [0.2, 0.25) is 0 Å². The summed E-state index contributed by atoms with van der Waals surface area (Å²) in [4.78, 5) is 0. The van der Waals surface area contributed by atoms with E-state index in [0.717, 1.165) is 0 Å². The number of rotatable bonds is 4. The van der Waals surface area contributed by atoms with Gasteiger partial charge in [-0.2, -0.15) is 0 Å². The van der Waals surface area contributed by atoms with Crippen molar-refractivity contribution in [3.05, 3.63) is 26.9 Å². The lowest BCUT2D eigenvalue weighted by Crippen LogP contribution is -2.05. The first-order valence-corrected chi connectivity index (χ1v) is 5.50. The highest BCUT2D eigenvalue weighted by Gasteiger charge is 2.08. The summed E-state index contributed by atoms with van der Waals surface area (Å²) in [6, 6.07) is 2.71. The Bertz CT molecular complexity index is 295. The zero-order chi connectivity index (χ0) is 10.6. The molecule has 14 heavy (non-hydrogen) atoms. The van der Waals surface area contributed by atoms with Gasteiger partial charge in [0.05, 0.1) is 15.6 Å². The first kappa shape index (κ1) is 11.9. The van der Waals surface area contributed by atoms with E-state index in [1.54, 1.807) is 7.11 Å². The van der Waals surface area contributed by atoms with Gasteiger partial charge in [-0.1, -0.05) is 0 Å². The van der Waals surface area contributed by atoms with E-state index < -0.39 is 0 Å². The zero-order valence-electron chi connectivity index (χ0n) is 7.52. The fourth-order valence-electron chi connectivity index (χ4n) is 0.894. The summed E-state index contributed by atoms with van der Waals surface area (Å²) in [7, 11) is 1.60. The van der Waals surface area contributed by atoms with Crippen molar-refractivity contribution in [1.29, 1.82) is 0 Å². The summed E-state index contributed by atoms with van der Waals surface area (Å²) in [5.74, 6) is 0.270. The molecule has 1 rings (SSSR count). The van der Waals surface area contributed by atoms with E-state index in [4.69, 9.17) is 9.47 Å². The SMILES string of the molecule is COCCOc1c(Br)cc(F)cc1Br. The molecular formula is C9H9Br2FO2. The fourth-order valence-corrected chi connectivity index (χ4v) is 2.25. The molecule has 1 aromatic rings. The van der Waals surface area contributed by atoms with Gasteiger partial charge in [-0.25, -0.2) is 4.39 Å². The molecule has 0 heterocycles. The Morgan fingerprint density at radius 2 is 1.79 bits per heavy atom. The molecule has 0 aliphatic heterocycles. The minimum atomic E-state index is -0.317. The Balaban J connectivity index is 2.75. The minimum Gasteiger partial charge on any atom is -0.489 e. The molecular weight excluding hydrogens is 319 g/mol. The highest BCUT2D eigenvalue weighted by molar-refractivity contribution is 9.11. The van der Waals surface area contributed by atoms with Crippen molar-refractivity contribution in [1.82, 2.24) is 0 Å². The Labute approximate surface area is 98.7 Å². The van der Waals surface area contributed by atoms with Gasteiger partial charge in [-0.05, 0) is 44.0 Å². The fraction of sp³-hybridized carbons (Fsp3) is 0.333. The number of hydrogen-bond acceptors (Lipinski definition) is 2. The van der Waals surface area contributed by atoms with E-state index in [-0.39, 0.29) is 5.82 Å². The molecule has 5 heteroatoms. The van der Waals surface area contributed by atoms with Crippen LogP contribution in [0.4, 0.5) is 4.39 Å². The molecule has 0 bridgehead atoms. The quantitative estimate of drug-likeness (QED) is 0.789. The van der Waals surface area contributed by atoms with Gasteiger partial charge >= 0.3 is 0 Å². The average Bonchev–Trinajstić information content (AvgIpc) is 2.09. The number of hydrogen-bond donors (Lipinski definition) is 0. The molecule has 0 aliphatic carbocycles. The lowest BCUT2D eigenvalue weighted by atomic mass is 10.3. The van der Waals surface area contributed by atoms with Crippen molar-refractivity contribution >= 4 is 31.9 Å². The molecule has 0 spiro atoms. The van der Waals surface area contributed by atoms with Crippen LogP contribution in [0.5, 0.6) is 5.75 Å². The van der Waals surface area contributed by atoms with Gasteiger partial charge in [0.1, 0.15) is 18.2 Å².